The molecule has 1 aliphatic carbocycles. The summed E-state index contributed by atoms with van der Waals surface area (Å²) in [6.07, 6.45) is 4.41. The molecule has 4 heteroatoms. The number of carboxylic acid groups (broad SMARTS) is 1. The number of rotatable bonds is 3. The minimum Gasteiger partial charge on any atom is -0.478 e. The quantitative estimate of drug-likeness (QED) is 0.897. The average molecular weight is 289 g/mol. The number of aryl methyl sites for hydroxylation is 2. The first-order valence-electron chi connectivity index (χ1n) is 7.56. The van der Waals surface area contributed by atoms with Gasteiger partial charge in [0.1, 0.15) is 0 Å². The van der Waals surface area contributed by atoms with Crippen molar-refractivity contribution in [2.45, 2.75) is 52.5 Å². The Morgan fingerprint density at radius 2 is 1.67 bits per heavy atom. The summed E-state index contributed by atoms with van der Waals surface area (Å²) in [5.74, 6) is -0.855. The fraction of sp³-hybridized carbons (Fsp3) is 0.529. The predicted octanol–water partition coefficient (Wildman–Crippen LogP) is 3.31. The molecule has 1 amide bonds. The second kappa shape index (κ2) is 6.29. The smallest absolute Gasteiger partial charge is 0.336 e. The van der Waals surface area contributed by atoms with Crippen LogP contribution in [-0.4, -0.2) is 23.0 Å². The van der Waals surface area contributed by atoms with Gasteiger partial charge in [0, 0.05) is 6.04 Å². The fourth-order valence-electron chi connectivity index (χ4n) is 3.15. The van der Waals surface area contributed by atoms with Gasteiger partial charge in [-0.05, 0) is 43.7 Å². The third-order valence-corrected chi connectivity index (χ3v) is 4.49. The number of aromatic carboxylic acids is 1. The number of carbonyl (C=O) groups is 2. The highest BCUT2D eigenvalue weighted by atomic mass is 16.4. The molecule has 2 N–H and O–H groups in total. The van der Waals surface area contributed by atoms with Gasteiger partial charge in [-0.25, -0.2) is 4.79 Å². The first-order chi connectivity index (χ1) is 9.91. The Hall–Kier alpha value is -1.84. The molecule has 0 spiro atoms. The number of carbonyl (C=O) groups excluding carboxylic acids is 1. The number of nitrogens with one attached hydrogen (secondary N) is 1. The van der Waals surface area contributed by atoms with Gasteiger partial charge in [-0.15, -0.1) is 0 Å². The van der Waals surface area contributed by atoms with Crippen LogP contribution >= 0.6 is 0 Å². The van der Waals surface area contributed by atoms with E-state index in [1.54, 1.807) is 26.0 Å². The van der Waals surface area contributed by atoms with Crippen molar-refractivity contribution in [1.82, 2.24) is 5.32 Å². The molecule has 1 saturated carbocycles. The Kier molecular flexibility index (Phi) is 4.66. The monoisotopic (exact) mass is 289 g/mol. The van der Waals surface area contributed by atoms with Gasteiger partial charge in [-0.2, -0.15) is 0 Å². The molecule has 21 heavy (non-hydrogen) atoms. The molecule has 4 nitrogen and oxygen atoms in total. The van der Waals surface area contributed by atoms with Crippen LogP contribution in [0.2, 0.25) is 0 Å². The van der Waals surface area contributed by atoms with Crippen molar-refractivity contribution < 1.29 is 14.7 Å². The molecule has 2 unspecified atom stereocenters. The molecule has 0 aliphatic heterocycles. The predicted molar refractivity (Wildman–Crippen MR) is 81.8 cm³/mol. The van der Waals surface area contributed by atoms with Crippen molar-refractivity contribution >= 4 is 11.9 Å². The number of hydrogen-bond acceptors (Lipinski definition) is 2. The molecule has 1 aliphatic rings. The second-order valence-electron chi connectivity index (χ2n) is 6.10. The third-order valence-electron chi connectivity index (χ3n) is 4.49. The van der Waals surface area contributed by atoms with Crippen LogP contribution in [0.25, 0.3) is 0 Å². The highest BCUT2D eigenvalue weighted by Gasteiger charge is 2.26. The zero-order valence-corrected chi connectivity index (χ0v) is 12.9. The minimum absolute atomic E-state index is 0.121. The number of hydrogen-bond donors (Lipinski definition) is 2. The van der Waals surface area contributed by atoms with E-state index in [0.29, 0.717) is 22.6 Å². The number of carboxylic acids is 1. The van der Waals surface area contributed by atoms with Crippen LogP contribution in [0.3, 0.4) is 0 Å². The summed E-state index contributed by atoms with van der Waals surface area (Å²) in [6.45, 7) is 5.65. The van der Waals surface area contributed by atoms with Crippen LogP contribution in [0, 0.1) is 19.8 Å². The summed E-state index contributed by atoms with van der Waals surface area (Å²) >= 11 is 0. The average Bonchev–Trinajstić information content (AvgIpc) is 2.43. The first-order valence-corrected chi connectivity index (χ1v) is 7.56. The summed E-state index contributed by atoms with van der Waals surface area (Å²) in [6, 6.07) is 3.70. The van der Waals surface area contributed by atoms with Crippen LogP contribution in [-0.2, 0) is 0 Å². The van der Waals surface area contributed by atoms with Crippen LogP contribution < -0.4 is 5.32 Å². The summed E-state index contributed by atoms with van der Waals surface area (Å²) < 4.78 is 0. The Balaban J connectivity index is 2.30. The van der Waals surface area contributed by atoms with Crippen molar-refractivity contribution in [2.75, 3.05) is 0 Å². The molecule has 1 aromatic rings. The molecule has 2 rings (SSSR count). The maximum atomic E-state index is 12.6. The Bertz CT molecular complexity index is 565. The number of amides is 1. The van der Waals surface area contributed by atoms with Gasteiger partial charge >= 0.3 is 5.97 Å². The SMILES string of the molecule is Cc1ccc(C)c(C(=O)NC2CCCCC2C)c1C(=O)O. The van der Waals surface area contributed by atoms with Crippen molar-refractivity contribution in [1.29, 1.82) is 0 Å². The molecule has 0 heterocycles. The van der Waals surface area contributed by atoms with Gasteiger partial charge in [-0.3, -0.25) is 4.79 Å². The minimum atomic E-state index is -1.04. The summed E-state index contributed by atoms with van der Waals surface area (Å²) in [5.41, 5.74) is 1.75. The molecule has 0 aromatic heterocycles. The highest BCUT2D eigenvalue weighted by molar-refractivity contribution is 6.06. The largest absolute Gasteiger partial charge is 0.478 e. The van der Waals surface area contributed by atoms with E-state index in [9.17, 15) is 14.7 Å². The van der Waals surface area contributed by atoms with E-state index in [0.717, 1.165) is 19.3 Å². The molecule has 0 radical (unpaired) electrons. The van der Waals surface area contributed by atoms with E-state index < -0.39 is 5.97 Å². The third kappa shape index (κ3) is 3.26. The van der Waals surface area contributed by atoms with Crippen molar-refractivity contribution in [2.24, 2.45) is 5.92 Å². The normalized spacial score (nSPS) is 21.9. The van der Waals surface area contributed by atoms with E-state index in [1.807, 2.05) is 0 Å². The molecular weight excluding hydrogens is 266 g/mol. The lowest BCUT2D eigenvalue weighted by atomic mass is 9.85. The van der Waals surface area contributed by atoms with E-state index in [1.165, 1.54) is 6.42 Å². The lowest BCUT2D eigenvalue weighted by molar-refractivity contribution is 0.0688. The van der Waals surface area contributed by atoms with Crippen molar-refractivity contribution in [3.63, 3.8) is 0 Å². The number of benzene rings is 1. The molecular formula is C17H23NO3. The van der Waals surface area contributed by atoms with E-state index >= 15 is 0 Å². The van der Waals surface area contributed by atoms with E-state index in [4.69, 9.17) is 0 Å². The first kappa shape index (κ1) is 15.5. The molecule has 0 bridgehead atoms. The van der Waals surface area contributed by atoms with Crippen LogP contribution in [0.1, 0.15) is 64.4 Å². The van der Waals surface area contributed by atoms with Gasteiger partial charge in [0.15, 0.2) is 0 Å². The van der Waals surface area contributed by atoms with Gasteiger partial charge in [-0.1, -0.05) is 31.9 Å². The fourth-order valence-corrected chi connectivity index (χ4v) is 3.15. The Morgan fingerprint density at radius 1 is 1.10 bits per heavy atom. The van der Waals surface area contributed by atoms with Crippen molar-refractivity contribution in [3.8, 4) is 0 Å². The zero-order valence-electron chi connectivity index (χ0n) is 12.9. The molecule has 0 saturated heterocycles. The topological polar surface area (TPSA) is 66.4 Å². The lowest BCUT2D eigenvalue weighted by Gasteiger charge is -2.30. The van der Waals surface area contributed by atoms with Gasteiger partial charge in [0.05, 0.1) is 11.1 Å². The Labute approximate surface area is 125 Å². The molecule has 114 valence electrons. The van der Waals surface area contributed by atoms with Gasteiger partial charge in [0.2, 0.25) is 0 Å². The second-order valence-corrected chi connectivity index (χ2v) is 6.10. The molecule has 2 atom stereocenters. The maximum absolute atomic E-state index is 12.6. The zero-order chi connectivity index (χ0) is 15.6. The standard InChI is InChI=1S/C17H23NO3/c1-10-6-4-5-7-13(10)18-16(19)14-11(2)8-9-12(3)15(14)17(20)21/h8-10,13H,4-7H2,1-3H3,(H,18,19)(H,20,21). The highest BCUT2D eigenvalue weighted by Crippen LogP contribution is 2.25. The summed E-state index contributed by atoms with van der Waals surface area (Å²) in [5, 5.41) is 12.4. The van der Waals surface area contributed by atoms with Gasteiger partial charge in [0.25, 0.3) is 5.91 Å². The van der Waals surface area contributed by atoms with Gasteiger partial charge < -0.3 is 10.4 Å². The summed E-state index contributed by atoms with van der Waals surface area (Å²) in [7, 11) is 0. The summed E-state index contributed by atoms with van der Waals surface area (Å²) in [4.78, 5) is 24.1. The van der Waals surface area contributed by atoms with E-state index in [2.05, 4.69) is 12.2 Å². The van der Waals surface area contributed by atoms with Crippen LogP contribution in [0.4, 0.5) is 0 Å². The Morgan fingerprint density at radius 3 is 2.24 bits per heavy atom. The molecule has 1 aromatic carbocycles. The maximum Gasteiger partial charge on any atom is 0.336 e. The van der Waals surface area contributed by atoms with E-state index in [-0.39, 0.29) is 17.5 Å². The molecule has 1 fully saturated rings. The van der Waals surface area contributed by atoms with Crippen LogP contribution in [0.5, 0.6) is 0 Å². The van der Waals surface area contributed by atoms with Crippen molar-refractivity contribution in [3.05, 3.63) is 34.4 Å². The van der Waals surface area contributed by atoms with Crippen LogP contribution in [0.15, 0.2) is 12.1 Å². The lowest BCUT2D eigenvalue weighted by Crippen LogP contribution is -2.41.